The van der Waals surface area contributed by atoms with Gasteiger partial charge in [0.15, 0.2) is 0 Å². The van der Waals surface area contributed by atoms with E-state index >= 15 is 0 Å². The van der Waals surface area contributed by atoms with Crippen LogP contribution in [0.15, 0.2) is 18.2 Å². The number of carboxylic acids is 1. The van der Waals surface area contributed by atoms with Crippen LogP contribution in [-0.4, -0.2) is 27.5 Å². The summed E-state index contributed by atoms with van der Waals surface area (Å²) in [6.07, 6.45) is 6.38. The topological polar surface area (TPSA) is 64.4 Å². The third-order valence-electron chi connectivity index (χ3n) is 4.25. The average Bonchev–Trinajstić information content (AvgIpc) is 2.82. The van der Waals surface area contributed by atoms with Gasteiger partial charge in [0.1, 0.15) is 0 Å². The highest BCUT2D eigenvalue weighted by molar-refractivity contribution is 5.94. The fourth-order valence-electron chi connectivity index (χ4n) is 3.01. The summed E-state index contributed by atoms with van der Waals surface area (Å²) >= 11 is 0. The molecule has 0 spiro atoms. The first-order valence-electron chi connectivity index (χ1n) is 7.48. The number of carbonyl (C=O) groups is 1. The van der Waals surface area contributed by atoms with Gasteiger partial charge in [0, 0.05) is 7.05 Å². The smallest absolute Gasteiger partial charge is 0.335 e. The Bertz CT molecular complexity index is 657. The second kappa shape index (κ2) is 5.76. The molecule has 3 rings (SSSR count). The van der Waals surface area contributed by atoms with Crippen LogP contribution in [0.3, 0.4) is 0 Å². The van der Waals surface area contributed by atoms with Crippen molar-refractivity contribution in [1.29, 1.82) is 0 Å². The van der Waals surface area contributed by atoms with E-state index in [2.05, 4.69) is 5.10 Å². The molecule has 112 valence electrons. The Hall–Kier alpha value is -2.04. The van der Waals surface area contributed by atoms with Gasteiger partial charge in [-0.2, -0.15) is 0 Å². The van der Waals surface area contributed by atoms with Crippen LogP contribution in [0.25, 0.3) is 10.9 Å². The van der Waals surface area contributed by atoms with E-state index in [4.69, 9.17) is 9.84 Å². The summed E-state index contributed by atoms with van der Waals surface area (Å²) in [5.41, 5.74) is 1.05. The number of rotatable bonds is 4. The quantitative estimate of drug-likeness (QED) is 0.938. The van der Waals surface area contributed by atoms with E-state index in [1.54, 1.807) is 29.9 Å². The molecule has 0 saturated heterocycles. The van der Waals surface area contributed by atoms with E-state index in [9.17, 15) is 4.79 Å². The molecule has 1 heterocycles. The number of benzene rings is 1. The Labute approximate surface area is 123 Å². The molecule has 5 nitrogen and oxygen atoms in total. The number of aromatic nitrogens is 2. The minimum atomic E-state index is -0.928. The van der Waals surface area contributed by atoms with Crippen molar-refractivity contribution >= 4 is 16.9 Å². The first-order valence-corrected chi connectivity index (χ1v) is 7.48. The average molecular weight is 288 g/mol. The van der Waals surface area contributed by atoms with Crippen LogP contribution in [0.1, 0.15) is 42.5 Å². The summed E-state index contributed by atoms with van der Waals surface area (Å²) in [4.78, 5) is 11.0. The first-order chi connectivity index (χ1) is 10.1. The lowest BCUT2D eigenvalue weighted by Crippen LogP contribution is -2.15. The van der Waals surface area contributed by atoms with Crippen molar-refractivity contribution in [1.82, 2.24) is 9.78 Å². The third kappa shape index (κ3) is 2.86. The molecular weight excluding hydrogens is 268 g/mol. The largest absolute Gasteiger partial charge is 0.478 e. The molecule has 1 aromatic heterocycles. The van der Waals surface area contributed by atoms with E-state index in [0.29, 0.717) is 18.4 Å². The molecule has 1 fully saturated rings. The van der Waals surface area contributed by atoms with Crippen molar-refractivity contribution in [2.75, 3.05) is 6.61 Å². The fourth-order valence-corrected chi connectivity index (χ4v) is 3.01. The number of ether oxygens (including phenoxy) is 1. The zero-order chi connectivity index (χ0) is 14.8. The molecular formula is C16H20N2O3. The van der Waals surface area contributed by atoms with Crippen LogP contribution in [-0.2, 0) is 7.05 Å². The zero-order valence-corrected chi connectivity index (χ0v) is 12.2. The Morgan fingerprint density at radius 2 is 2.14 bits per heavy atom. The summed E-state index contributed by atoms with van der Waals surface area (Å²) in [6.45, 7) is 0.701. The maximum Gasteiger partial charge on any atom is 0.335 e. The number of hydrogen-bond acceptors (Lipinski definition) is 3. The predicted octanol–water partition coefficient (Wildman–Crippen LogP) is 3.23. The van der Waals surface area contributed by atoms with Crippen molar-refractivity contribution in [3.63, 3.8) is 0 Å². The molecule has 0 unspecified atom stereocenters. The van der Waals surface area contributed by atoms with Crippen molar-refractivity contribution in [2.45, 2.75) is 32.1 Å². The molecule has 1 aromatic carbocycles. The molecule has 0 radical (unpaired) electrons. The molecule has 0 bridgehead atoms. The van der Waals surface area contributed by atoms with Crippen LogP contribution in [0.2, 0.25) is 0 Å². The van der Waals surface area contributed by atoms with Crippen molar-refractivity contribution < 1.29 is 14.6 Å². The minimum absolute atomic E-state index is 0.268. The minimum Gasteiger partial charge on any atom is -0.478 e. The lowest BCUT2D eigenvalue weighted by atomic mass is 9.90. The Morgan fingerprint density at radius 3 is 2.86 bits per heavy atom. The second-order valence-electron chi connectivity index (χ2n) is 5.78. The lowest BCUT2D eigenvalue weighted by Gasteiger charge is -2.20. The number of fused-ring (bicyclic) bond motifs is 1. The van der Waals surface area contributed by atoms with E-state index in [-0.39, 0.29) is 5.56 Å². The predicted molar refractivity (Wildman–Crippen MR) is 79.7 cm³/mol. The number of carboxylic acid groups (broad SMARTS) is 1. The van der Waals surface area contributed by atoms with E-state index in [0.717, 1.165) is 10.9 Å². The summed E-state index contributed by atoms with van der Waals surface area (Å²) in [7, 11) is 1.81. The van der Waals surface area contributed by atoms with Gasteiger partial charge < -0.3 is 9.84 Å². The van der Waals surface area contributed by atoms with Gasteiger partial charge in [-0.25, -0.2) is 4.79 Å². The van der Waals surface area contributed by atoms with E-state index in [1.165, 1.54) is 32.1 Å². The van der Waals surface area contributed by atoms with E-state index < -0.39 is 5.97 Å². The monoisotopic (exact) mass is 288 g/mol. The maximum atomic E-state index is 11.0. The molecule has 0 atom stereocenters. The molecule has 0 amide bonds. The Kier molecular flexibility index (Phi) is 3.82. The highest BCUT2D eigenvalue weighted by Gasteiger charge is 2.17. The molecule has 1 aliphatic carbocycles. The highest BCUT2D eigenvalue weighted by atomic mass is 16.5. The summed E-state index contributed by atoms with van der Waals surface area (Å²) in [6, 6.07) is 5.01. The molecule has 2 aromatic rings. The van der Waals surface area contributed by atoms with Gasteiger partial charge in [-0.15, -0.1) is 5.10 Å². The third-order valence-corrected chi connectivity index (χ3v) is 4.25. The van der Waals surface area contributed by atoms with Crippen LogP contribution in [0, 0.1) is 5.92 Å². The fraction of sp³-hybridized carbons (Fsp3) is 0.500. The number of aryl methyl sites for hydroxylation is 1. The van der Waals surface area contributed by atoms with Gasteiger partial charge >= 0.3 is 5.97 Å². The van der Waals surface area contributed by atoms with Gasteiger partial charge in [-0.05, 0) is 37.0 Å². The Balaban J connectivity index is 1.80. The molecule has 1 saturated carbocycles. The summed E-state index contributed by atoms with van der Waals surface area (Å²) in [5.74, 6) is 0.298. The van der Waals surface area contributed by atoms with Crippen molar-refractivity contribution in [2.24, 2.45) is 13.0 Å². The highest BCUT2D eigenvalue weighted by Crippen LogP contribution is 2.28. The lowest BCUT2D eigenvalue weighted by molar-refractivity contribution is 0.0697. The maximum absolute atomic E-state index is 11.0. The standard InChI is InChI=1S/C16H20N2O3/c1-18-14-9-12(16(19)20)7-8-13(14)15(17-18)21-10-11-5-3-2-4-6-11/h7-9,11H,2-6,10H2,1H3,(H,19,20). The van der Waals surface area contributed by atoms with Crippen LogP contribution < -0.4 is 4.74 Å². The first kappa shape index (κ1) is 13.9. The van der Waals surface area contributed by atoms with Gasteiger partial charge in [-0.1, -0.05) is 19.3 Å². The zero-order valence-electron chi connectivity index (χ0n) is 12.2. The van der Waals surface area contributed by atoms with E-state index in [1.807, 2.05) is 0 Å². The van der Waals surface area contributed by atoms with Crippen LogP contribution >= 0.6 is 0 Å². The van der Waals surface area contributed by atoms with Crippen LogP contribution in [0.4, 0.5) is 0 Å². The van der Waals surface area contributed by atoms with Crippen LogP contribution in [0.5, 0.6) is 5.88 Å². The molecule has 0 aliphatic heterocycles. The summed E-state index contributed by atoms with van der Waals surface area (Å²) in [5, 5.41) is 14.3. The number of hydrogen-bond donors (Lipinski definition) is 1. The second-order valence-corrected chi connectivity index (χ2v) is 5.78. The number of nitrogens with zero attached hydrogens (tertiary/aromatic N) is 2. The molecule has 5 heteroatoms. The molecule has 1 N–H and O–H groups in total. The van der Waals surface area contributed by atoms with Crippen molar-refractivity contribution in [3.05, 3.63) is 23.8 Å². The molecule has 21 heavy (non-hydrogen) atoms. The SMILES string of the molecule is Cn1nc(OCC2CCCCC2)c2ccc(C(=O)O)cc21. The van der Waals surface area contributed by atoms with Gasteiger partial charge in [0.05, 0.1) is 23.1 Å². The van der Waals surface area contributed by atoms with Gasteiger partial charge in [0.25, 0.3) is 0 Å². The molecule has 1 aliphatic rings. The van der Waals surface area contributed by atoms with Gasteiger partial charge in [-0.3, -0.25) is 4.68 Å². The number of aromatic carboxylic acids is 1. The normalized spacial score (nSPS) is 16.2. The Morgan fingerprint density at radius 1 is 1.38 bits per heavy atom. The van der Waals surface area contributed by atoms with Gasteiger partial charge in [0.2, 0.25) is 5.88 Å². The summed E-state index contributed by atoms with van der Waals surface area (Å²) < 4.78 is 7.58. The van der Waals surface area contributed by atoms with Crippen molar-refractivity contribution in [3.8, 4) is 5.88 Å².